The lowest BCUT2D eigenvalue weighted by molar-refractivity contribution is -0.692. The molecule has 0 aliphatic heterocycles. The average molecular weight is 349 g/mol. The van der Waals surface area contributed by atoms with Gasteiger partial charge >= 0.3 is 6.03 Å². The van der Waals surface area contributed by atoms with Crippen molar-refractivity contribution in [1.82, 2.24) is 10.6 Å². The topological polar surface area (TPSA) is 74.8 Å². The molecule has 0 fully saturated rings. The van der Waals surface area contributed by atoms with Gasteiger partial charge in [-0.05, 0) is 24.8 Å². The summed E-state index contributed by atoms with van der Waals surface area (Å²) in [5.41, 5.74) is 2.52. The monoisotopic (exact) mass is 348 g/mol. The minimum atomic E-state index is -0.421. The van der Waals surface area contributed by atoms with Gasteiger partial charge in [-0.15, -0.1) is 0 Å². The molecule has 0 unspecified atom stereocenters. The van der Waals surface area contributed by atoms with Crippen molar-refractivity contribution in [2.24, 2.45) is 5.92 Å². The minimum Gasteiger partial charge on any atom is -0.335 e. The quantitative estimate of drug-likeness (QED) is 0.676. The third kappa shape index (κ3) is 7.26. The third-order valence-electron chi connectivity index (χ3n) is 4.51. The fourth-order valence-electron chi connectivity index (χ4n) is 2.67. The van der Waals surface area contributed by atoms with Gasteiger partial charge in [-0.3, -0.25) is 10.1 Å². The Morgan fingerprint density at radius 2 is 1.56 bits per heavy atom. The Kier molecular flexibility index (Phi) is 8.62. The zero-order valence-electron chi connectivity index (χ0n) is 16.4. The van der Waals surface area contributed by atoms with Crippen molar-refractivity contribution in [3.05, 3.63) is 35.4 Å². The number of imide groups is 1. The minimum absolute atomic E-state index is 0.0552. The second-order valence-electron chi connectivity index (χ2n) is 7.36. The van der Waals surface area contributed by atoms with Gasteiger partial charge in [-0.1, -0.05) is 58.9 Å². The molecule has 5 nitrogen and oxygen atoms in total. The molecular weight excluding hydrogens is 314 g/mol. The molecule has 4 N–H and O–H groups in total. The number of amides is 3. The fraction of sp³-hybridized carbons (Fsp3) is 0.600. The largest absolute Gasteiger partial charge is 0.335 e. The smallest absolute Gasteiger partial charge is 0.321 e. The van der Waals surface area contributed by atoms with Crippen LogP contribution >= 0.6 is 0 Å². The van der Waals surface area contributed by atoms with E-state index in [0.717, 1.165) is 6.42 Å². The van der Waals surface area contributed by atoms with Crippen LogP contribution < -0.4 is 16.0 Å². The summed E-state index contributed by atoms with van der Waals surface area (Å²) < 4.78 is 0. The highest BCUT2D eigenvalue weighted by atomic mass is 16.2. The van der Waals surface area contributed by atoms with Crippen LogP contribution in [0.1, 0.15) is 71.0 Å². The van der Waals surface area contributed by atoms with Gasteiger partial charge in [-0.25, -0.2) is 4.79 Å². The van der Waals surface area contributed by atoms with Crippen LogP contribution in [0.15, 0.2) is 24.3 Å². The van der Waals surface area contributed by atoms with Gasteiger partial charge in [0, 0.05) is 17.5 Å². The number of carbonyl (C=O) groups excluding carboxylic acids is 2. The molecule has 1 aromatic carbocycles. The Labute approximate surface area is 152 Å². The number of hydrogen-bond acceptors (Lipinski definition) is 2. The van der Waals surface area contributed by atoms with E-state index in [1.165, 1.54) is 11.1 Å². The summed E-state index contributed by atoms with van der Waals surface area (Å²) in [7, 11) is 0. The van der Waals surface area contributed by atoms with E-state index >= 15 is 0 Å². The van der Waals surface area contributed by atoms with Crippen LogP contribution in [0.3, 0.4) is 0 Å². The maximum atomic E-state index is 12.0. The van der Waals surface area contributed by atoms with Crippen LogP contribution in [-0.2, 0) is 4.79 Å². The van der Waals surface area contributed by atoms with Crippen molar-refractivity contribution in [2.75, 3.05) is 6.54 Å². The van der Waals surface area contributed by atoms with Gasteiger partial charge in [0.15, 0.2) is 6.54 Å². The molecule has 5 heteroatoms. The molecule has 25 heavy (non-hydrogen) atoms. The Bertz CT molecular complexity index is 553. The Morgan fingerprint density at radius 1 is 1.00 bits per heavy atom. The molecule has 1 aromatic rings. The third-order valence-corrected chi connectivity index (χ3v) is 4.51. The van der Waals surface area contributed by atoms with Crippen molar-refractivity contribution >= 4 is 11.9 Å². The second kappa shape index (κ2) is 10.2. The van der Waals surface area contributed by atoms with Crippen molar-refractivity contribution in [1.29, 1.82) is 0 Å². The lowest BCUT2D eigenvalue weighted by Gasteiger charge is -2.20. The molecule has 0 aliphatic carbocycles. The van der Waals surface area contributed by atoms with Crippen LogP contribution in [0, 0.1) is 5.92 Å². The molecule has 3 amide bonds. The van der Waals surface area contributed by atoms with Gasteiger partial charge in [0.05, 0.1) is 0 Å². The molecule has 0 bridgehead atoms. The summed E-state index contributed by atoms with van der Waals surface area (Å²) in [6, 6.07) is 8.42. The van der Waals surface area contributed by atoms with Crippen LogP contribution in [0.4, 0.5) is 4.79 Å². The summed E-state index contributed by atoms with van der Waals surface area (Å²) in [4.78, 5) is 23.7. The first-order valence-electron chi connectivity index (χ1n) is 9.28. The van der Waals surface area contributed by atoms with E-state index in [4.69, 9.17) is 0 Å². The van der Waals surface area contributed by atoms with Crippen LogP contribution in [0.5, 0.6) is 0 Å². The molecule has 0 heterocycles. The van der Waals surface area contributed by atoms with E-state index < -0.39 is 6.03 Å². The van der Waals surface area contributed by atoms with Crippen LogP contribution in [-0.4, -0.2) is 24.5 Å². The van der Waals surface area contributed by atoms with E-state index in [0.29, 0.717) is 11.8 Å². The lowest BCUT2D eigenvalue weighted by atomic mass is 9.93. The Balaban J connectivity index is 2.61. The Morgan fingerprint density at radius 3 is 2.04 bits per heavy atom. The summed E-state index contributed by atoms with van der Waals surface area (Å²) in [5, 5.41) is 7.13. The molecule has 0 aliphatic rings. The predicted molar refractivity (Wildman–Crippen MR) is 101 cm³/mol. The number of urea groups is 1. The summed E-state index contributed by atoms with van der Waals surface area (Å²) >= 11 is 0. The average Bonchev–Trinajstić information content (AvgIpc) is 2.54. The number of nitrogens with one attached hydrogen (secondary N) is 2. The first-order chi connectivity index (χ1) is 11.7. The van der Waals surface area contributed by atoms with Crippen LogP contribution in [0.25, 0.3) is 0 Å². The Hall–Kier alpha value is -1.88. The van der Waals surface area contributed by atoms with Crippen LogP contribution in [0.2, 0.25) is 0 Å². The number of hydrogen-bond donors (Lipinski definition) is 3. The zero-order chi connectivity index (χ0) is 19.0. The molecule has 0 spiro atoms. The van der Waals surface area contributed by atoms with E-state index in [9.17, 15) is 9.59 Å². The molecular formula is C20H34N3O2+. The summed E-state index contributed by atoms with van der Waals surface area (Å²) in [6.07, 6.45) is 0.829. The van der Waals surface area contributed by atoms with Gasteiger partial charge in [-0.2, -0.15) is 0 Å². The number of rotatable bonds is 8. The lowest BCUT2D eigenvalue weighted by Crippen LogP contribution is -2.88. The SMILES string of the molecule is CC[C@H](C)NC(=O)NC(=O)C[NH2+][C@H](c1ccc(C(C)C)cc1)C(C)C. The second-order valence-corrected chi connectivity index (χ2v) is 7.36. The molecule has 0 saturated carbocycles. The maximum absolute atomic E-state index is 12.0. The standard InChI is InChI=1S/C20H33N3O2/c1-7-15(6)22-20(25)23-18(24)12-21-19(14(4)5)17-10-8-16(9-11-17)13(2)3/h8-11,13-15,19,21H,7,12H2,1-6H3,(H2,22,23,24,25)/p+1/t15-,19-/m0/s1. The molecule has 2 atom stereocenters. The van der Waals surface area contributed by atoms with Crippen molar-refractivity contribution in [2.45, 2.75) is 66.0 Å². The first kappa shape index (κ1) is 21.2. The molecule has 140 valence electrons. The number of nitrogens with two attached hydrogens (primary N) is 1. The highest BCUT2D eigenvalue weighted by Gasteiger charge is 2.21. The van der Waals surface area contributed by atoms with Gasteiger partial charge in [0.25, 0.3) is 5.91 Å². The number of carbonyl (C=O) groups is 2. The van der Waals surface area contributed by atoms with Gasteiger partial charge in [0.2, 0.25) is 0 Å². The zero-order valence-corrected chi connectivity index (χ0v) is 16.4. The van der Waals surface area contributed by atoms with E-state index in [1.54, 1.807) is 0 Å². The molecule has 1 rings (SSSR count). The number of quaternary nitrogens is 1. The summed E-state index contributed by atoms with van der Waals surface area (Å²) in [5.74, 6) is 0.613. The van der Waals surface area contributed by atoms with E-state index in [1.807, 2.05) is 19.2 Å². The predicted octanol–water partition coefficient (Wildman–Crippen LogP) is 2.69. The number of benzene rings is 1. The van der Waals surface area contributed by atoms with Crippen molar-refractivity contribution < 1.29 is 14.9 Å². The molecule has 0 aromatic heterocycles. The first-order valence-corrected chi connectivity index (χ1v) is 9.28. The van der Waals surface area contributed by atoms with Crippen molar-refractivity contribution in [3.8, 4) is 0 Å². The summed E-state index contributed by atoms with van der Waals surface area (Å²) in [6.45, 7) is 12.8. The highest BCUT2D eigenvalue weighted by molar-refractivity contribution is 5.94. The van der Waals surface area contributed by atoms with E-state index in [-0.39, 0.29) is 24.5 Å². The highest BCUT2D eigenvalue weighted by Crippen LogP contribution is 2.21. The fourth-order valence-corrected chi connectivity index (χ4v) is 2.67. The van der Waals surface area contributed by atoms with Gasteiger partial charge < -0.3 is 10.6 Å². The normalized spacial score (nSPS) is 13.6. The molecule has 0 saturated heterocycles. The molecule has 0 radical (unpaired) electrons. The maximum Gasteiger partial charge on any atom is 0.321 e. The van der Waals surface area contributed by atoms with Crippen molar-refractivity contribution in [3.63, 3.8) is 0 Å². The van der Waals surface area contributed by atoms with E-state index in [2.05, 4.69) is 62.6 Å². The van der Waals surface area contributed by atoms with Gasteiger partial charge in [0.1, 0.15) is 6.04 Å².